The molecule has 1 N–H and O–H groups in total. The molecule has 1 unspecified atom stereocenters. The van der Waals surface area contributed by atoms with Crippen LogP contribution in [0.3, 0.4) is 0 Å². The van der Waals surface area contributed by atoms with Crippen molar-refractivity contribution in [1.82, 2.24) is 10.2 Å². The van der Waals surface area contributed by atoms with Crippen molar-refractivity contribution in [2.45, 2.75) is 18.9 Å². The molecule has 1 aliphatic rings. The van der Waals surface area contributed by atoms with E-state index in [1.54, 1.807) is 28.8 Å². The van der Waals surface area contributed by atoms with E-state index in [2.05, 4.69) is 5.32 Å². The first-order valence-corrected chi connectivity index (χ1v) is 7.74. The summed E-state index contributed by atoms with van der Waals surface area (Å²) < 4.78 is 5.04. The normalized spacial score (nSPS) is 15.7. The molecule has 1 atom stereocenters. The molecule has 2 rings (SSSR count). The number of carbonyl (C=O) groups excluding carboxylic acids is 2. The Morgan fingerprint density at radius 1 is 1.53 bits per heavy atom. The van der Waals surface area contributed by atoms with Crippen LogP contribution in [0.2, 0.25) is 0 Å². The first kappa shape index (κ1) is 14.0. The van der Waals surface area contributed by atoms with Gasteiger partial charge in [0.15, 0.2) is 5.76 Å². The van der Waals surface area contributed by atoms with Crippen molar-refractivity contribution >= 4 is 23.6 Å². The summed E-state index contributed by atoms with van der Waals surface area (Å²) in [6, 6.07) is 2.79. The van der Waals surface area contributed by atoms with Gasteiger partial charge in [-0.25, -0.2) is 0 Å². The van der Waals surface area contributed by atoms with Gasteiger partial charge in [-0.2, -0.15) is 11.8 Å². The fourth-order valence-corrected chi connectivity index (χ4v) is 2.36. The van der Waals surface area contributed by atoms with Crippen molar-refractivity contribution < 1.29 is 14.0 Å². The maximum atomic E-state index is 12.2. The van der Waals surface area contributed by atoms with E-state index in [4.69, 9.17) is 4.42 Å². The number of rotatable bonds is 6. The first-order chi connectivity index (χ1) is 9.22. The quantitative estimate of drug-likeness (QED) is 0.856. The smallest absolute Gasteiger partial charge is 0.287 e. The lowest BCUT2D eigenvalue weighted by atomic mass is 10.1. The van der Waals surface area contributed by atoms with Gasteiger partial charge in [0.25, 0.3) is 5.91 Å². The number of amides is 2. The van der Waals surface area contributed by atoms with Crippen LogP contribution in [0, 0.1) is 0 Å². The minimum atomic E-state index is -0.453. The third kappa shape index (κ3) is 3.53. The summed E-state index contributed by atoms with van der Waals surface area (Å²) in [5, 5.41) is 2.77. The molecule has 19 heavy (non-hydrogen) atoms. The molecule has 6 heteroatoms. The number of hydrogen-bond acceptors (Lipinski definition) is 4. The number of hydrogen-bond donors (Lipinski definition) is 1. The van der Waals surface area contributed by atoms with Crippen molar-refractivity contribution in [2.75, 3.05) is 25.1 Å². The molecule has 0 saturated carbocycles. The van der Waals surface area contributed by atoms with E-state index in [0.717, 1.165) is 25.3 Å². The topological polar surface area (TPSA) is 62.6 Å². The molecule has 0 spiro atoms. The van der Waals surface area contributed by atoms with Crippen molar-refractivity contribution in [2.24, 2.45) is 0 Å². The van der Waals surface area contributed by atoms with Crippen LogP contribution in [0.15, 0.2) is 22.8 Å². The standard InChI is InChI=1S/C13H18N2O3S/c1-19-9-5-10(13(17)15-6-3-7-15)14-12(16)11-4-2-8-18-11/h2,4,8,10H,3,5-7,9H2,1H3,(H,14,16). The van der Waals surface area contributed by atoms with E-state index in [9.17, 15) is 9.59 Å². The highest BCUT2D eigenvalue weighted by molar-refractivity contribution is 7.98. The third-order valence-corrected chi connectivity index (χ3v) is 3.77. The summed E-state index contributed by atoms with van der Waals surface area (Å²) in [6.45, 7) is 1.59. The molecule has 0 radical (unpaired) electrons. The van der Waals surface area contributed by atoms with Crippen LogP contribution in [0.5, 0.6) is 0 Å². The number of nitrogens with zero attached hydrogens (tertiary/aromatic N) is 1. The molecule has 1 aromatic rings. The molecule has 0 aliphatic carbocycles. The van der Waals surface area contributed by atoms with E-state index in [1.807, 2.05) is 6.26 Å². The molecular formula is C13H18N2O3S. The lowest BCUT2D eigenvalue weighted by Crippen LogP contribution is -2.53. The zero-order valence-electron chi connectivity index (χ0n) is 10.9. The highest BCUT2D eigenvalue weighted by Gasteiger charge is 2.29. The average molecular weight is 282 g/mol. The molecule has 2 heterocycles. The van der Waals surface area contributed by atoms with Gasteiger partial charge in [0.05, 0.1) is 6.26 Å². The van der Waals surface area contributed by atoms with Gasteiger partial charge in [-0.05, 0) is 37.0 Å². The molecule has 1 aromatic heterocycles. The summed E-state index contributed by atoms with van der Waals surface area (Å²) in [6.07, 6.45) is 5.12. The summed E-state index contributed by atoms with van der Waals surface area (Å²) in [7, 11) is 0. The lowest BCUT2D eigenvalue weighted by Gasteiger charge is -2.34. The van der Waals surface area contributed by atoms with Crippen molar-refractivity contribution in [1.29, 1.82) is 0 Å². The fraction of sp³-hybridized carbons (Fsp3) is 0.538. The zero-order chi connectivity index (χ0) is 13.7. The summed E-state index contributed by atoms with van der Waals surface area (Å²) in [4.78, 5) is 25.9. The van der Waals surface area contributed by atoms with Crippen LogP contribution in [-0.4, -0.2) is 47.9 Å². The Morgan fingerprint density at radius 2 is 2.32 bits per heavy atom. The van der Waals surface area contributed by atoms with E-state index in [-0.39, 0.29) is 17.6 Å². The van der Waals surface area contributed by atoms with E-state index in [1.165, 1.54) is 6.26 Å². The Kier molecular flexibility index (Phi) is 4.90. The Balaban J connectivity index is 1.96. The molecular weight excluding hydrogens is 264 g/mol. The van der Waals surface area contributed by atoms with Gasteiger partial charge in [0.1, 0.15) is 6.04 Å². The lowest BCUT2D eigenvalue weighted by molar-refractivity contribution is -0.136. The first-order valence-electron chi connectivity index (χ1n) is 6.34. The highest BCUT2D eigenvalue weighted by Crippen LogP contribution is 2.12. The zero-order valence-corrected chi connectivity index (χ0v) is 11.7. The third-order valence-electron chi connectivity index (χ3n) is 3.13. The molecule has 104 valence electrons. The molecule has 5 nitrogen and oxygen atoms in total. The van der Waals surface area contributed by atoms with Crippen LogP contribution in [0.25, 0.3) is 0 Å². The summed E-state index contributed by atoms with van der Waals surface area (Å²) in [5.41, 5.74) is 0. The number of likely N-dealkylation sites (tertiary alicyclic amines) is 1. The van der Waals surface area contributed by atoms with Gasteiger partial charge in [-0.1, -0.05) is 0 Å². The highest BCUT2D eigenvalue weighted by atomic mass is 32.2. The van der Waals surface area contributed by atoms with Gasteiger partial charge in [-0.3, -0.25) is 9.59 Å². The maximum Gasteiger partial charge on any atom is 0.287 e. The fourth-order valence-electron chi connectivity index (χ4n) is 1.89. The number of thioether (sulfide) groups is 1. The van der Waals surface area contributed by atoms with E-state index in [0.29, 0.717) is 6.42 Å². The van der Waals surface area contributed by atoms with Gasteiger partial charge in [-0.15, -0.1) is 0 Å². The van der Waals surface area contributed by atoms with Crippen LogP contribution < -0.4 is 5.32 Å². The molecule has 1 fully saturated rings. The van der Waals surface area contributed by atoms with E-state index < -0.39 is 6.04 Å². The molecule has 2 amide bonds. The molecule has 0 bridgehead atoms. The van der Waals surface area contributed by atoms with E-state index >= 15 is 0 Å². The van der Waals surface area contributed by atoms with Gasteiger partial charge in [0.2, 0.25) is 5.91 Å². The van der Waals surface area contributed by atoms with Gasteiger partial charge >= 0.3 is 0 Å². The number of nitrogens with one attached hydrogen (secondary N) is 1. The van der Waals surface area contributed by atoms with Crippen LogP contribution in [-0.2, 0) is 4.79 Å². The van der Waals surface area contributed by atoms with Crippen molar-refractivity contribution in [3.8, 4) is 0 Å². The molecule has 1 aliphatic heterocycles. The average Bonchev–Trinajstić information content (AvgIpc) is 2.85. The predicted molar refractivity (Wildman–Crippen MR) is 74.2 cm³/mol. The summed E-state index contributed by atoms with van der Waals surface area (Å²) in [5.74, 6) is 0.763. The SMILES string of the molecule is CSCCC(NC(=O)c1ccco1)C(=O)N1CCC1. The molecule has 1 saturated heterocycles. The summed E-state index contributed by atoms with van der Waals surface area (Å²) >= 11 is 1.66. The van der Waals surface area contributed by atoms with Gasteiger partial charge < -0.3 is 14.6 Å². The van der Waals surface area contributed by atoms with Crippen molar-refractivity contribution in [3.63, 3.8) is 0 Å². The van der Waals surface area contributed by atoms with Crippen LogP contribution in [0.4, 0.5) is 0 Å². The predicted octanol–water partition coefficient (Wildman–Crippen LogP) is 1.36. The van der Waals surface area contributed by atoms with Crippen molar-refractivity contribution in [3.05, 3.63) is 24.2 Å². The Hall–Kier alpha value is -1.43. The minimum Gasteiger partial charge on any atom is -0.459 e. The maximum absolute atomic E-state index is 12.2. The second kappa shape index (κ2) is 6.65. The Bertz CT molecular complexity index is 429. The monoisotopic (exact) mass is 282 g/mol. The second-order valence-corrected chi connectivity index (χ2v) is 5.45. The minimum absolute atomic E-state index is 0.0141. The Labute approximate surface area is 116 Å². The largest absolute Gasteiger partial charge is 0.459 e. The van der Waals surface area contributed by atoms with Gasteiger partial charge in [0, 0.05) is 13.1 Å². The second-order valence-electron chi connectivity index (χ2n) is 4.46. The number of furan rings is 1. The number of carbonyl (C=O) groups is 2. The molecule has 0 aromatic carbocycles. The van der Waals surface area contributed by atoms with Crippen LogP contribution >= 0.6 is 11.8 Å². The van der Waals surface area contributed by atoms with Crippen LogP contribution in [0.1, 0.15) is 23.4 Å². The Morgan fingerprint density at radius 3 is 2.84 bits per heavy atom.